The second-order valence-electron chi connectivity index (χ2n) is 4.91. The first-order valence-corrected chi connectivity index (χ1v) is 6.66. The van der Waals surface area contributed by atoms with E-state index in [0.29, 0.717) is 11.4 Å². The normalized spacial score (nSPS) is 12.8. The summed E-state index contributed by atoms with van der Waals surface area (Å²) in [6, 6.07) is 9.99. The maximum Gasteiger partial charge on any atom is 0.289 e. The van der Waals surface area contributed by atoms with Crippen LogP contribution in [0.15, 0.2) is 24.3 Å². The lowest BCUT2D eigenvalue weighted by atomic mass is 9.94. The molecule has 1 heterocycles. The van der Waals surface area contributed by atoms with Crippen LogP contribution in [0.5, 0.6) is 5.75 Å². The first-order valence-electron chi connectivity index (χ1n) is 6.66. The van der Waals surface area contributed by atoms with Crippen molar-refractivity contribution in [2.24, 2.45) is 0 Å². The number of nitrogen functional groups attached to an aromatic ring is 1. The number of rotatable bonds is 2. The van der Waals surface area contributed by atoms with Gasteiger partial charge in [-0.1, -0.05) is 18.2 Å². The zero-order valence-electron chi connectivity index (χ0n) is 11.4. The second kappa shape index (κ2) is 4.86. The number of hydrogen-bond donors (Lipinski definition) is 1. The first-order chi connectivity index (χ1) is 9.76. The average Bonchev–Trinajstić information content (AvgIpc) is 2.93. The van der Waals surface area contributed by atoms with Crippen LogP contribution in [0, 0.1) is 11.3 Å². The van der Waals surface area contributed by atoms with Gasteiger partial charge in [0, 0.05) is 23.1 Å². The number of ether oxygens (including phenoxy) is 1. The Morgan fingerprint density at radius 1 is 1.30 bits per heavy atom. The van der Waals surface area contributed by atoms with E-state index in [1.165, 1.54) is 5.56 Å². The van der Waals surface area contributed by atoms with Crippen molar-refractivity contribution >= 4 is 5.82 Å². The predicted molar refractivity (Wildman–Crippen MR) is 76.1 cm³/mol. The van der Waals surface area contributed by atoms with Crippen molar-refractivity contribution in [1.82, 2.24) is 0 Å². The molecule has 0 bridgehead atoms. The van der Waals surface area contributed by atoms with Crippen LogP contribution in [0.3, 0.4) is 0 Å². The Morgan fingerprint density at radius 3 is 2.85 bits per heavy atom. The summed E-state index contributed by atoms with van der Waals surface area (Å²) in [5.41, 5.74) is 10.7. The zero-order valence-corrected chi connectivity index (χ0v) is 11.4. The van der Waals surface area contributed by atoms with Gasteiger partial charge in [0.1, 0.15) is 23.1 Å². The largest absolute Gasteiger partial charge is 0.496 e. The van der Waals surface area contributed by atoms with Crippen molar-refractivity contribution in [3.05, 3.63) is 41.1 Å². The summed E-state index contributed by atoms with van der Waals surface area (Å²) in [6.07, 6.45) is 3.03. The number of aromatic nitrogens is 1. The van der Waals surface area contributed by atoms with Gasteiger partial charge in [0.2, 0.25) is 0 Å². The van der Waals surface area contributed by atoms with Crippen molar-refractivity contribution in [3.63, 3.8) is 0 Å². The monoisotopic (exact) mass is 266 g/mol. The minimum Gasteiger partial charge on any atom is -0.496 e. The minimum atomic E-state index is 0.439. The maximum atomic E-state index is 9.46. The number of nitriles is 1. The van der Waals surface area contributed by atoms with Crippen LogP contribution in [0.25, 0.3) is 11.1 Å². The van der Waals surface area contributed by atoms with Gasteiger partial charge in [-0.25, -0.2) is 4.98 Å². The number of benzene rings is 1. The van der Waals surface area contributed by atoms with Crippen molar-refractivity contribution in [2.75, 3.05) is 12.8 Å². The Balaban J connectivity index is 2.36. The highest BCUT2D eigenvalue weighted by Crippen LogP contribution is 2.39. The second-order valence-corrected chi connectivity index (χ2v) is 4.91. The number of nitrogens with zero attached hydrogens (tertiary/aromatic N) is 1. The number of nitrogens with one attached hydrogen (secondary N) is 1. The van der Waals surface area contributed by atoms with Gasteiger partial charge in [-0.3, -0.25) is 5.73 Å². The number of nitrogens with two attached hydrogens (primary N) is 1. The number of pyridine rings is 1. The molecule has 1 aliphatic rings. The molecule has 3 N–H and O–H groups in total. The number of aryl methyl sites for hydroxylation is 1. The van der Waals surface area contributed by atoms with Crippen LogP contribution in [0.2, 0.25) is 0 Å². The van der Waals surface area contributed by atoms with Crippen LogP contribution >= 0.6 is 0 Å². The number of para-hydroxylation sites is 1. The first kappa shape index (κ1) is 12.5. The van der Waals surface area contributed by atoms with Crippen molar-refractivity contribution in [3.8, 4) is 22.9 Å². The molecule has 1 aromatic heterocycles. The molecule has 4 heteroatoms. The van der Waals surface area contributed by atoms with Crippen LogP contribution in [-0.4, -0.2) is 7.11 Å². The van der Waals surface area contributed by atoms with E-state index in [2.05, 4.69) is 11.1 Å². The molecule has 0 amide bonds. The van der Waals surface area contributed by atoms with Gasteiger partial charge in [-0.2, -0.15) is 5.26 Å². The standard InChI is InChI=1S/C16H15N3O/c1-20-14-8-3-2-5-11(14)15-10-6-4-7-13(10)19-16(18)12(15)9-17/h2-3,5,8H,4,6-7H2,1H3,(H2,18,19)/p+1. The summed E-state index contributed by atoms with van der Waals surface area (Å²) in [5, 5.41) is 9.46. The van der Waals surface area contributed by atoms with E-state index in [0.717, 1.165) is 41.8 Å². The Kier molecular flexibility index (Phi) is 3.03. The van der Waals surface area contributed by atoms with Gasteiger partial charge >= 0.3 is 0 Å². The Bertz CT molecular complexity index is 716. The Hall–Kier alpha value is -2.54. The Morgan fingerprint density at radius 2 is 2.10 bits per heavy atom. The van der Waals surface area contributed by atoms with E-state index in [1.54, 1.807) is 7.11 Å². The van der Waals surface area contributed by atoms with E-state index < -0.39 is 0 Å². The summed E-state index contributed by atoms with van der Waals surface area (Å²) >= 11 is 0. The van der Waals surface area contributed by atoms with E-state index >= 15 is 0 Å². The third-order valence-corrected chi connectivity index (χ3v) is 3.81. The summed E-state index contributed by atoms with van der Waals surface area (Å²) in [7, 11) is 1.64. The summed E-state index contributed by atoms with van der Waals surface area (Å²) in [6.45, 7) is 0. The van der Waals surface area contributed by atoms with Gasteiger partial charge in [-0.05, 0) is 18.9 Å². The quantitative estimate of drug-likeness (QED) is 0.904. The van der Waals surface area contributed by atoms with E-state index in [4.69, 9.17) is 10.5 Å². The highest BCUT2D eigenvalue weighted by Gasteiger charge is 2.27. The highest BCUT2D eigenvalue weighted by molar-refractivity contribution is 5.81. The molecule has 20 heavy (non-hydrogen) atoms. The fourth-order valence-corrected chi connectivity index (χ4v) is 2.93. The summed E-state index contributed by atoms with van der Waals surface area (Å²) in [4.78, 5) is 3.17. The molecule has 0 aliphatic heterocycles. The molecule has 1 aromatic carbocycles. The molecule has 0 saturated heterocycles. The van der Waals surface area contributed by atoms with Gasteiger partial charge in [-0.15, -0.1) is 0 Å². The number of fused-ring (bicyclic) bond motifs is 1. The molecular weight excluding hydrogens is 250 g/mol. The van der Waals surface area contributed by atoms with Crippen molar-refractivity contribution in [2.45, 2.75) is 19.3 Å². The highest BCUT2D eigenvalue weighted by atomic mass is 16.5. The predicted octanol–water partition coefficient (Wildman–Crippen LogP) is 2.12. The van der Waals surface area contributed by atoms with Crippen LogP contribution in [0.1, 0.15) is 23.2 Å². The molecular formula is C16H16N3O+. The van der Waals surface area contributed by atoms with E-state index in [-0.39, 0.29) is 0 Å². The molecule has 0 saturated carbocycles. The average molecular weight is 266 g/mol. The molecule has 0 spiro atoms. The SMILES string of the molecule is COc1ccccc1-c1c(C#N)c(N)[nH+]c2c1CCC2. The van der Waals surface area contributed by atoms with Crippen molar-refractivity contribution < 1.29 is 9.72 Å². The van der Waals surface area contributed by atoms with Crippen molar-refractivity contribution in [1.29, 1.82) is 5.26 Å². The van der Waals surface area contributed by atoms with Crippen LogP contribution < -0.4 is 15.5 Å². The third-order valence-electron chi connectivity index (χ3n) is 3.81. The Labute approximate surface area is 117 Å². The third kappa shape index (κ3) is 1.79. The van der Waals surface area contributed by atoms with Crippen LogP contribution in [0.4, 0.5) is 5.82 Å². The molecule has 3 rings (SSSR count). The number of hydrogen-bond acceptors (Lipinski definition) is 3. The summed E-state index contributed by atoms with van der Waals surface area (Å²) in [5.74, 6) is 1.21. The smallest absolute Gasteiger partial charge is 0.289 e. The fourth-order valence-electron chi connectivity index (χ4n) is 2.93. The molecule has 4 nitrogen and oxygen atoms in total. The fraction of sp³-hybridized carbons (Fsp3) is 0.250. The van der Waals surface area contributed by atoms with Gasteiger partial charge in [0.15, 0.2) is 0 Å². The molecule has 0 atom stereocenters. The lowest BCUT2D eigenvalue weighted by Gasteiger charge is -2.13. The van der Waals surface area contributed by atoms with Gasteiger partial charge in [0.25, 0.3) is 5.82 Å². The molecule has 2 aromatic rings. The minimum absolute atomic E-state index is 0.439. The molecule has 100 valence electrons. The lowest BCUT2D eigenvalue weighted by molar-refractivity contribution is -0.372. The van der Waals surface area contributed by atoms with Gasteiger partial charge in [0.05, 0.1) is 7.11 Å². The van der Waals surface area contributed by atoms with E-state index in [9.17, 15) is 5.26 Å². The molecule has 0 unspecified atom stereocenters. The number of H-pyrrole nitrogens is 1. The summed E-state index contributed by atoms with van der Waals surface area (Å²) < 4.78 is 5.44. The van der Waals surface area contributed by atoms with E-state index in [1.807, 2.05) is 24.3 Å². The molecule has 0 fully saturated rings. The topological polar surface area (TPSA) is 73.2 Å². The number of methoxy groups -OCH3 is 1. The molecule has 0 radical (unpaired) electrons. The van der Waals surface area contributed by atoms with Gasteiger partial charge < -0.3 is 4.74 Å². The van der Waals surface area contributed by atoms with Crippen LogP contribution in [-0.2, 0) is 12.8 Å². The number of aromatic amines is 1. The molecule has 1 aliphatic carbocycles. The lowest BCUT2D eigenvalue weighted by Crippen LogP contribution is -2.19. The maximum absolute atomic E-state index is 9.46. The zero-order chi connectivity index (χ0) is 14.1. The number of anilines is 1.